The zero-order valence-electron chi connectivity index (χ0n) is 12.9. The average Bonchev–Trinajstić information content (AvgIpc) is 2.61. The van der Waals surface area contributed by atoms with Crippen LogP contribution in [0.1, 0.15) is 13.3 Å². The summed E-state index contributed by atoms with van der Waals surface area (Å²) in [5.41, 5.74) is 2.88. The lowest BCUT2D eigenvalue weighted by molar-refractivity contribution is 0.305. The van der Waals surface area contributed by atoms with E-state index < -0.39 is 0 Å². The highest BCUT2D eigenvalue weighted by Gasteiger charge is 2.09. The number of aromatic nitrogens is 2. The van der Waals surface area contributed by atoms with E-state index in [1.165, 1.54) is 0 Å². The van der Waals surface area contributed by atoms with Crippen LogP contribution in [0.4, 0.5) is 0 Å². The van der Waals surface area contributed by atoms with Gasteiger partial charge in [0.25, 0.3) is 0 Å². The summed E-state index contributed by atoms with van der Waals surface area (Å²) in [7, 11) is 0. The van der Waals surface area contributed by atoms with E-state index in [0.717, 1.165) is 27.7 Å². The minimum Gasteiger partial charge on any atom is -0.478 e. The van der Waals surface area contributed by atoms with Gasteiger partial charge in [0.15, 0.2) is 5.82 Å². The summed E-state index contributed by atoms with van der Waals surface area (Å²) >= 11 is 3.45. The average molecular weight is 369 g/mol. The van der Waals surface area contributed by atoms with Crippen molar-refractivity contribution in [1.29, 1.82) is 0 Å². The first-order chi connectivity index (χ1) is 11.3. The number of ether oxygens (including phenoxy) is 1. The molecule has 0 atom stereocenters. The number of hydrogen-bond donors (Lipinski definition) is 0. The highest BCUT2D eigenvalue weighted by atomic mass is 79.9. The predicted molar refractivity (Wildman–Crippen MR) is 96.4 cm³/mol. The Balaban J connectivity index is 2.06. The molecule has 0 aliphatic carbocycles. The van der Waals surface area contributed by atoms with Crippen molar-refractivity contribution in [3.8, 4) is 28.5 Å². The predicted octanol–water partition coefficient (Wildman–Crippen LogP) is 5.36. The molecule has 23 heavy (non-hydrogen) atoms. The highest BCUT2D eigenvalue weighted by molar-refractivity contribution is 9.10. The third-order valence-electron chi connectivity index (χ3n) is 3.33. The number of halogens is 1. The van der Waals surface area contributed by atoms with E-state index in [1.54, 1.807) is 0 Å². The second kappa shape index (κ2) is 7.38. The number of nitrogens with zero attached hydrogens (tertiary/aromatic N) is 2. The minimum atomic E-state index is 0.610. The quantitative estimate of drug-likeness (QED) is 0.607. The molecule has 0 N–H and O–H groups in total. The van der Waals surface area contributed by atoms with Crippen molar-refractivity contribution in [1.82, 2.24) is 9.97 Å². The van der Waals surface area contributed by atoms with Crippen molar-refractivity contribution < 1.29 is 4.74 Å². The largest absolute Gasteiger partial charge is 0.478 e. The van der Waals surface area contributed by atoms with E-state index in [2.05, 4.69) is 27.8 Å². The van der Waals surface area contributed by atoms with E-state index in [9.17, 15) is 0 Å². The molecule has 116 valence electrons. The van der Waals surface area contributed by atoms with Crippen LogP contribution >= 0.6 is 15.9 Å². The van der Waals surface area contributed by atoms with Gasteiger partial charge in [0.2, 0.25) is 5.88 Å². The van der Waals surface area contributed by atoms with Crippen molar-refractivity contribution in [2.24, 2.45) is 0 Å². The molecule has 4 heteroatoms. The van der Waals surface area contributed by atoms with E-state index in [-0.39, 0.29) is 0 Å². The number of benzene rings is 2. The molecule has 0 radical (unpaired) electrons. The third-order valence-corrected chi connectivity index (χ3v) is 3.86. The molecule has 3 rings (SSSR count). The molecule has 0 aliphatic rings. The lowest BCUT2D eigenvalue weighted by Gasteiger charge is -2.09. The van der Waals surface area contributed by atoms with Gasteiger partial charge in [-0.3, -0.25) is 0 Å². The van der Waals surface area contributed by atoms with Crippen LogP contribution in [0.25, 0.3) is 22.6 Å². The Kier molecular flexibility index (Phi) is 5.03. The van der Waals surface area contributed by atoms with E-state index in [0.29, 0.717) is 18.3 Å². The zero-order valence-corrected chi connectivity index (χ0v) is 14.5. The van der Waals surface area contributed by atoms with E-state index in [1.807, 2.05) is 60.7 Å². The molecule has 3 aromatic rings. The molecule has 2 aromatic carbocycles. The first-order valence-electron chi connectivity index (χ1n) is 7.59. The maximum absolute atomic E-state index is 5.74. The van der Waals surface area contributed by atoms with Gasteiger partial charge in [0, 0.05) is 21.7 Å². The minimum absolute atomic E-state index is 0.610. The molecule has 1 heterocycles. The first kappa shape index (κ1) is 15.7. The first-order valence-corrected chi connectivity index (χ1v) is 8.39. The van der Waals surface area contributed by atoms with Gasteiger partial charge in [-0.05, 0) is 18.6 Å². The Morgan fingerprint density at radius 2 is 1.65 bits per heavy atom. The molecular weight excluding hydrogens is 352 g/mol. The lowest BCUT2D eigenvalue weighted by atomic mass is 10.1. The van der Waals surface area contributed by atoms with Crippen LogP contribution in [-0.2, 0) is 0 Å². The van der Waals surface area contributed by atoms with Gasteiger partial charge in [0.05, 0.1) is 12.3 Å². The molecule has 0 fully saturated rings. The molecule has 0 spiro atoms. The second-order valence-electron chi connectivity index (χ2n) is 5.14. The van der Waals surface area contributed by atoms with Gasteiger partial charge in [-0.25, -0.2) is 4.98 Å². The molecular formula is C19H17BrN2O. The molecule has 1 aromatic heterocycles. The normalized spacial score (nSPS) is 10.5. The van der Waals surface area contributed by atoms with Gasteiger partial charge < -0.3 is 4.74 Å². The maximum atomic E-state index is 5.74. The summed E-state index contributed by atoms with van der Waals surface area (Å²) in [6.07, 6.45) is 0.943. The number of rotatable bonds is 5. The molecule has 3 nitrogen and oxygen atoms in total. The topological polar surface area (TPSA) is 35.0 Å². The Hall–Kier alpha value is -2.20. The lowest BCUT2D eigenvalue weighted by Crippen LogP contribution is -2.01. The van der Waals surface area contributed by atoms with Gasteiger partial charge in [0.1, 0.15) is 0 Å². The van der Waals surface area contributed by atoms with Crippen molar-refractivity contribution in [2.75, 3.05) is 6.61 Å². The Morgan fingerprint density at radius 1 is 0.913 bits per heavy atom. The second-order valence-corrected chi connectivity index (χ2v) is 6.05. The molecule has 0 aliphatic heterocycles. The van der Waals surface area contributed by atoms with Gasteiger partial charge in [-0.1, -0.05) is 65.3 Å². The monoisotopic (exact) mass is 368 g/mol. The van der Waals surface area contributed by atoms with E-state index in [4.69, 9.17) is 9.72 Å². The van der Waals surface area contributed by atoms with Crippen molar-refractivity contribution in [3.63, 3.8) is 0 Å². The molecule has 0 saturated carbocycles. The van der Waals surface area contributed by atoms with Crippen LogP contribution in [0, 0.1) is 0 Å². The van der Waals surface area contributed by atoms with Gasteiger partial charge in [-0.15, -0.1) is 0 Å². The van der Waals surface area contributed by atoms with Crippen LogP contribution in [0.15, 0.2) is 65.1 Å². The van der Waals surface area contributed by atoms with Gasteiger partial charge >= 0.3 is 0 Å². The highest BCUT2D eigenvalue weighted by Crippen LogP contribution is 2.26. The van der Waals surface area contributed by atoms with Crippen LogP contribution in [0.2, 0.25) is 0 Å². The smallest absolute Gasteiger partial charge is 0.217 e. The SMILES string of the molecule is CCCOc1cc(-c2ccccc2)nc(-c2ccc(Br)cc2)n1. The van der Waals surface area contributed by atoms with Crippen LogP contribution in [-0.4, -0.2) is 16.6 Å². The molecule has 0 saturated heterocycles. The Labute approximate surface area is 144 Å². The molecule has 0 unspecified atom stereocenters. The van der Waals surface area contributed by atoms with E-state index >= 15 is 0 Å². The molecule has 0 amide bonds. The number of hydrogen-bond acceptors (Lipinski definition) is 3. The van der Waals surface area contributed by atoms with Crippen LogP contribution in [0.5, 0.6) is 5.88 Å². The Bertz CT molecular complexity index is 773. The van der Waals surface area contributed by atoms with Gasteiger partial charge in [-0.2, -0.15) is 4.98 Å². The van der Waals surface area contributed by atoms with Crippen LogP contribution < -0.4 is 4.74 Å². The fourth-order valence-corrected chi connectivity index (χ4v) is 2.45. The summed E-state index contributed by atoms with van der Waals surface area (Å²) in [4.78, 5) is 9.25. The van der Waals surface area contributed by atoms with Crippen molar-refractivity contribution in [3.05, 3.63) is 65.1 Å². The van der Waals surface area contributed by atoms with Crippen LogP contribution in [0.3, 0.4) is 0 Å². The zero-order chi connectivity index (χ0) is 16.1. The summed E-state index contributed by atoms with van der Waals surface area (Å²) in [5.74, 6) is 1.28. The van der Waals surface area contributed by atoms with Crippen molar-refractivity contribution in [2.45, 2.75) is 13.3 Å². The summed E-state index contributed by atoms with van der Waals surface area (Å²) in [6.45, 7) is 2.72. The fraction of sp³-hybridized carbons (Fsp3) is 0.158. The maximum Gasteiger partial charge on any atom is 0.217 e. The molecule has 0 bridgehead atoms. The summed E-state index contributed by atoms with van der Waals surface area (Å²) in [5, 5.41) is 0. The van der Waals surface area contributed by atoms with Crippen molar-refractivity contribution >= 4 is 15.9 Å². The fourth-order valence-electron chi connectivity index (χ4n) is 2.19. The Morgan fingerprint density at radius 3 is 2.35 bits per heavy atom. The summed E-state index contributed by atoms with van der Waals surface area (Å²) < 4.78 is 6.77. The summed E-state index contributed by atoms with van der Waals surface area (Å²) in [6, 6.07) is 19.9. The third kappa shape index (κ3) is 3.96. The standard InChI is InChI=1S/C19H17BrN2O/c1-2-12-23-18-13-17(14-6-4-3-5-7-14)21-19(22-18)15-8-10-16(20)11-9-15/h3-11,13H,2,12H2,1H3.